The summed E-state index contributed by atoms with van der Waals surface area (Å²) in [4.78, 5) is 0.113. The van der Waals surface area contributed by atoms with Crippen molar-refractivity contribution >= 4 is 31.9 Å². The molecule has 1 saturated heterocycles. The van der Waals surface area contributed by atoms with Gasteiger partial charge >= 0.3 is 0 Å². The summed E-state index contributed by atoms with van der Waals surface area (Å²) in [5, 5.41) is 0. The van der Waals surface area contributed by atoms with E-state index in [2.05, 4.69) is 38.8 Å². The predicted molar refractivity (Wildman–Crippen MR) is 82.4 cm³/mol. The molecule has 1 aliphatic rings. The van der Waals surface area contributed by atoms with Crippen molar-refractivity contribution in [1.82, 2.24) is 0 Å². The van der Waals surface area contributed by atoms with Crippen LogP contribution in [-0.4, -0.2) is 26.9 Å². The molecule has 0 radical (unpaired) electrons. The van der Waals surface area contributed by atoms with Crippen LogP contribution in [0.5, 0.6) is 11.5 Å². The average Bonchev–Trinajstić information content (AvgIpc) is 2.83. The standard InChI is InChI=1S/C14H18Br2O3/c1-8-6-7-19-13(8)11(15)9-4-5-10(17-2)12(16)14(9)18-3/h4-5,8,11,13H,6-7H2,1-3H3. The number of hydrogen-bond donors (Lipinski definition) is 0. The van der Waals surface area contributed by atoms with E-state index in [1.54, 1.807) is 14.2 Å². The monoisotopic (exact) mass is 392 g/mol. The Morgan fingerprint density at radius 3 is 2.58 bits per heavy atom. The lowest BCUT2D eigenvalue weighted by atomic mass is 9.97. The van der Waals surface area contributed by atoms with Crippen molar-refractivity contribution in [2.24, 2.45) is 5.92 Å². The van der Waals surface area contributed by atoms with E-state index in [-0.39, 0.29) is 10.9 Å². The third kappa shape index (κ3) is 2.93. The molecule has 0 saturated carbocycles. The van der Waals surface area contributed by atoms with Crippen LogP contribution in [0.2, 0.25) is 0 Å². The second-order valence-corrected chi connectivity index (χ2v) is 6.49. The van der Waals surface area contributed by atoms with E-state index in [0.717, 1.165) is 34.6 Å². The molecule has 0 bridgehead atoms. The molecule has 19 heavy (non-hydrogen) atoms. The highest BCUT2D eigenvalue weighted by Gasteiger charge is 2.33. The van der Waals surface area contributed by atoms with Gasteiger partial charge in [0.2, 0.25) is 0 Å². The Morgan fingerprint density at radius 2 is 2.05 bits per heavy atom. The van der Waals surface area contributed by atoms with Crippen molar-refractivity contribution in [2.75, 3.05) is 20.8 Å². The zero-order valence-electron chi connectivity index (χ0n) is 11.3. The summed E-state index contributed by atoms with van der Waals surface area (Å²) in [6.45, 7) is 3.05. The minimum atomic E-state index is 0.113. The van der Waals surface area contributed by atoms with E-state index in [9.17, 15) is 0 Å². The molecular formula is C14H18Br2O3. The lowest BCUT2D eigenvalue weighted by Crippen LogP contribution is -2.19. The van der Waals surface area contributed by atoms with E-state index >= 15 is 0 Å². The summed E-state index contributed by atoms with van der Waals surface area (Å²) >= 11 is 7.29. The van der Waals surface area contributed by atoms with Crippen LogP contribution < -0.4 is 9.47 Å². The van der Waals surface area contributed by atoms with Gasteiger partial charge in [-0.15, -0.1) is 0 Å². The van der Waals surface area contributed by atoms with Gasteiger partial charge in [0.15, 0.2) is 0 Å². The maximum absolute atomic E-state index is 5.83. The Balaban J connectivity index is 2.36. The van der Waals surface area contributed by atoms with Gasteiger partial charge in [-0.2, -0.15) is 0 Å². The zero-order valence-corrected chi connectivity index (χ0v) is 14.5. The van der Waals surface area contributed by atoms with Gasteiger partial charge in [0.25, 0.3) is 0 Å². The van der Waals surface area contributed by atoms with E-state index < -0.39 is 0 Å². The predicted octanol–water partition coefficient (Wildman–Crippen LogP) is 4.33. The molecule has 1 aromatic carbocycles. The second kappa shape index (κ2) is 6.46. The van der Waals surface area contributed by atoms with E-state index in [1.165, 1.54) is 0 Å². The number of hydrogen-bond acceptors (Lipinski definition) is 3. The highest BCUT2D eigenvalue weighted by atomic mass is 79.9. The van der Waals surface area contributed by atoms with Crippen LogP contribution in [0.1, 0.15) is 23.7 Å². The lowest BCUT2D eigenvalue weighted by Gasteiger charge is -2.24. The molecule has 106 valence electrons. The van der Waals surface area contributed by atoms with Crippen LogP contribution in [-0.2, 0) is 4.74 Å². The molecule has 0 amide bonds. The van der Waals surface area contributed by atoms with Crippen LogP contribution >= 0.6 is 31.9 Å². The van der Waals surface area contributed by atoms with E-state index in [1.807, 2.05) is 12.1 Å². The van der Waals surface area contributed by atoms with Crippen LogP contribution in [0.3, 0.4) is 0 Å². The largest absolute Gasteiger partial charge is 0.495 e. The molecule has 0 spiro atoms. The highest BCUT2D eigenvalue weighted by Crippen LogP contribution is 2.45. The van der Waals surface area contributed by atoms with Crippen molar-refractivity contribution < 1.29 is 14.2 Å². The fourth-order valence-corrected chi connectivity index (χ4v) is 4.12. The first-order valence-corrected chi connectivity index (χ1v) is 7.97. The first-order chi connectivity index (χ1) is 9.10. The normalized spacial score (nSPS) is 24.3. The molecule has 1 fully saturated rings. The maximum Gasteiger partial charge on any atom is 0.141 e. The summed E-state index contributed by atoms with van der Waals surface area (Å²) in [6.07, 6.45) is 1.28. The molecule has 0 aromatic heterocycles. The number of ether oxygens (including phenoxy) is 3. The molecule has 1 heterocycles. The van der Waals surface area contributed by atoms with Gasteiger partial charge in [-0.05, 0) is 34.3 Å². The molecule has 0 N–H and O–H groups in total. The average molecular weight is 394 g/mol. The molecule has 0 aliphatic carbocycles. The second-order valence-electron chi connectivity index (χ2n) is 4.71. The zero-order chi connectivity index (χ0) is 14.0. The quantitative estimate of drug-likeness (QED) is 0.712. The number of alkyl halides is 1. The molecule has 2 rings (SSSR count). The first-order valence-electron chi connectivity index (χ1n) is 6.26. The number of rotatable bonds is 4. The minimum Gasteiger partial charge on any atom is -0.495 e. The molecule has 1 aromatic rings. The molecule has 3 unspecified atom stereocenters. The van der Waals surface area contributed by atoms with Gasteiger partial charge in [0.05, 0.1) is 25.2 Å². The summed E-state index contributed by atoms with van der Waals surface area (Å²) in [6, 6.07) is 3.96. The van der Waals surface area contributed by atoms with Crippen LogP contribution in [0.25, 0.3) is 0 Å². The number of methoxy groups -OCH3 is 2. The van der Waals surface area contributed by atoms with Gasteiger partial charge in [-0.1, -0.05) is 28.9 Å². The van der Waals surface area contributed by atoms with E-state index in [0.29, 0.717) is 5.92 Å². The van der Waals surface area contributed by atoms with Crippen molar-refractivity contribution in [3.8, 4) is 11.5 Å². The van der Waals surface area contributed by atoms with E-state index in [4.69, 9.17) is 14.2 Å². The summed E-state index contributed by atoms with van der Waals surface area (Å²) in [5.41, 5.74) is 1.08. The molecule has 3 nitrogen and oxygen atoms in total. The molecule has 5 heteroatoms. The molecule has 3 atom stereocenters. The lowest BCUT2D eigenvalue weighted by molar-refractivity contribution is 0.0929. The van der Waals surface area contributed by atoms with Crippen molar-refractivity contribution in [3.05, 3.63) is 22.2 Å². The number of halogens is 2. The van der Waals surface area contributed by atoms with Crippen molar-refractivity contribution in [1.29, 1.82) is 0 Å². The SMILES string of the molecule is COc1ccc(C(Br)C2OCCC2C)c(OC)c1Br. The topological polar surface area (TPSA) is 27.7 Å². The van der Waals surface area contributed by atoms with Gasteiger partial charge in [0, 0.05) is 12.2 Å². The third-order valence-electron chi connectivity index (χ3n) is 3.55. The highest BCUT2D eigenvalue weighted by molar-refractivity contribution is 9.10. The van der Waals surface area contributed by atoms with Crippen molar-refractivity contribution in [2.45, 2.75) is 24.3 Å². The van der Waals surface area contributed by atoms with Crippen LogP contribution in [0.4, 0.5) is 0 Å². The maximum atomic E-state index is 5.83. The Bertz CT molecular complexity index is 451. The first kappa shape index (κ1) is 15.1. The fraction of sp³-hybridized carbons (Fsp3) is 0.571. The van der Waals surface area contributed by atoms with Crippen LogP contribution in [0.15, 0.2) is 16.6 Å². The number of benzene rings is 1. The third-order valence-corrected chi connectivity index (χ3v) is 5.31. The van der Waals surface area contributed by atoms with Crippen molar-refractivity contribution in [3.63, 3.8) is 0 Å². The Labute approximate surface area is 130 Å². The Morgan fingerprint density at radius 1 is 1.32 bits per heavy atom. The Kier molecular flexibility index (Phi) is 5.15. The fourth-order valence-electron chi connectivity index (χ4n) is 2.40. The van der Waals surface area contributed by atoms with Gasteiger partial charge < -0.3 is 14.2 Å². The molecular weight excluding hydrogens is 376 g/mol. The summed E-state index contributed by atoms with van der Waals surface area (Å²) in [7, 11) is 3.31. The van der Waals surface area contributed by atoms with Gasteiger partial charge in [-0.25, -0.2) is 0 Å². The molecule has 1 aliphatic heterocycles. The van der Waals surface area contributed by atoms with Crippen LogP contribution in [0, 0.1) is 5.92 Å². The minimum absolute atomic E-state index is 0.113. The summed E-state index contributed by atoms with van der Waals surface area (Å²) in [5.74, 6) is 2.10. The van der Waals surface area contributed by atoms with Gasteiger partial charge in [-0.3, -0.25) is 0 Å². The van der Waals surface area contributed by atoms with Gasteiger partial charge in [0.1, 0.15) is 16.0 Å². The Hall–Kier alpha value is -0.260. The summed E-state index contributed by atoms with van der Waals surface area (Å²) < 4.78 is 17.5. The smallest absolute Gasteiger partial charge is 0.141 e.